The van der Waals surface area contributed by atoms with Crippen LogP contribution < -0.4 is 10.6 Å². The van der Waals surface area contributed by atoms with Crippen LogP contribution in [0.1, 0.15) is 17.8 Å². The number of carbonyl (C=O) groups excluding carboxylic acids is 1. The van der Waals surface area contributed by atoms with Crippen molar-refractivity contribution in [2.45, 2.75) is 26.3 Å². The van der Waals surface area contributed by atoms with Gasteiger partial charge in [0.1, 0.15) is 0 Å². The second kappa shape index (κ2) is 7.19. The van der Waals surface area contributed by atoms with Gasteiger partial charge in [-0.05, 0) is 32.0 Å². The van der Waals surface area contributed by atoms with Gasteiger partial charge in [0.25, 0.3) is 0 Å². The van der Waals surface area contributed by atoms with E-state index < -0.39 is 0 Å². The van der Waals surface area contributed by atoms with Gasteiger partial charge in [0, 0.05) is 36.2 Å². The maximum absolute atomic E-state index is 12.4. The monoisotopic (exact) mass is 330 g/mol. The molecule has 0 spiro atoms. The van der Waals surface area contributed by atoms with Crippen LogP contribution in [-0.2, 0) is 4.79 Å². The fourth-order valence-corrected chi connectivity index (χ4v) is 3.76. The first kappa shape index (κ1) is 16.1. The molecule has 122 valence electrons. The topological polar surface area (TPSA) is 59.0 Å². The summed E-state index contributed by atoms with van der Waals surface area (Å²) in [5.41, 5.74) is 3.71. The molecule has 1 unspecified atom stereocenters. The van der Waals surface area contributed by atoms with Crippen LogP contribution in [0.4, 0.5) is 5.69 Å². The normalized spacial score (nSPS) is 17.9. The molecule has 3 rings (SSSR count). The Balaban J connectivity index is 1.75. The molecule has 1 saturated heterocycles. The van der Waals surface area contributed by atoms with E-state index in [-0.39, 0.29) is 11.9 Å². The van der Waals surface area contributed by atoms with Gasteiger partial charge in [0.2, 0.25) is 5.91 Å². The molecule has 0 saturated carbocycles. The molecule has 1 aromatic heterocycles. The Hall–Kier alpha value is -1.79. The van der Waals surface area contributed by atoms with Crippen molar-refractivity contribution in [1.29, 1.82) is 0 Å². The van der Waals surface area contributed by atoms with Crippen molar-refractivity contribution in [2.75, 3.05) is 23.4 Å². The zero-order chi connectivity index (χ0) is 16.2. The van der Waals surface area contributed by atoms with E-state index in [2.05, 4.69) is 15.7 Å². The number of anilines is 1. The van der Waals surface area contributed by atoms with Crippen LogP contribution in [0.3, 0.4) is 0 Å². The molecule has 1 amide bonds. The van der Waals surface area contributed by atoms with Gasteiger partial charge in [-0.25, -0.2) is 4.68 Å². The molecule has 0 bridgehead atoms. The maximum atomic E-state index is 12.4. The van der Waals surface area contributed by atoms with Crippen molar-refractivity contribution in [2.24, 2.45) is 0 Å². The summed E-state index contributed by atoms with van der Waals surface area (Å²) in [5, 5.41) is 11.0. The van der Waals surface area contributed by atoms with E-state index in [1.54, 1.807) is 0 Å². The first-order valence-electron chi connectivity index (χ1n) is 7.87. The zero-order valence-electron chi connectivity index (χ0n) is 13.5. The van der Waals surface area contributed by atoms with Crippen molar-refractivity contribution in [3.63, 3.8) is 0 Å². The van der Waals surface area contributed by atoms with Gasteiger partial charge in [-0.2, -0.15) is 16.9 Å². The van der Waals surface area contributed by atoms with Crippen LogP contribution in [0.25, 0.3) is 5.69 Å². The number of aryl methyl sites for hydroxylation is 2. The number of aromatic nitrogens is 2. The lowest BCUT2D eigenvalue weighted by Crippen LogP contribution is -2.40. The Kier molecular flexibility index (Phi) is 5.03. The van der Waals surface area contributed by atoms with Crippen LogP contribution >= 0.6 is 11.8 Å². The first-order valence-corrected chi connectivity index (χ1v) is 9.02. The fourth-order valence-electron chi connectivity index (χ4n) is 2.81. The number of hydrogen-bond donors (Lipinski definition) is 2. The molecule has 1 aliphatic rings. The van der Waals surface area contributed by atoms with Crippen molar-refractivity contribution in [3.8, 4) is 5.69 Å². The number of benzene rings is 1. The van der Waals surface area contributed by atoms with Gasteiger partial charge in [-0.1, -0.05) is 12.1 Å². The van der Waals surface area contributed by atoms with Crippen LogP contribution in [0.15, 0.2) is 30.3 Å². The summed E-state index contributed by atoms with van der Waals surface area (Å²) < 4.78 is 1.87. The maximum Gasteiger partial charge on any atom is 0.226 e. The molecule has 0 aliphatic carbocycles. The summed E-state index contributed by atoms with van der Waals surface area (Å²) >= 11 is 1.90. The quantitative estimate of drug-likeness (QED) is 0.904. The van der Waals surface area contributed by atoms with Crippen LogP contribution in [-0.4, -0.2) is 39.8 Å². The minimum atomic E-state index is 0.0407. The molecule has 2 aromatic rings. The van der Waals surface area contributed by atoms with E-state index in [9.17, 15) is 4.79 Å². The van der Waals surface area contributed by atoms with Crippen LogP contribution in [0, 0.1) is 13.8 Å². The van der Waals surface area contributed by atoms with E-state index in [0.29, 0.717) is 6.42 Å². The van der Waals surface area contributed by atoms with E-state index in [4.69, 9.17) is 0 Å². The minimum Gasteiger partial charge on any atom is -0.324 e. The predicted molar refractivity (Wildman–Crippen MR) is 95.4 cm³/mol. The third-order valence-electron chi connectivity index (χ3n) is 3.85. The summed E-state index contributed by atoms with van der Waals surface area (Å²) in [7, 11) is 0. The first-order chi connectivity index (χ1) is 11.1. The average molecular weight is 330 g/mol. The highest BCUT2D eigenvalue weighted by Gasteiger charge is 2.18. The van der Waals surface area contributed by atoms with Gasteiger partial charge >= 0.3 is 0 Å². The molecular weight excluding hydrogens is 308 g/mol. The van der Waals surface area contributed by atoms with Crippen molar-refractivity contribution >= 4 is 23.4 Å². The third kappa shape index (κ3) is 3.95. The average Bonchev–Trinajstić information content (AvgIpc) is 2.87. The summed E-state index contributed by atoms with van der Waals surface area (Å²) in [5.74, 6) is 2.16. The summed E-state index contributed by atoms with van der Waals surface area (Å²) in [4.78, 5) is 12.4. The summed E-state index contributed by atoms with van der Waals surface area (Å²) in [6.45, 7) is 4.96. The largest absolute Gasteiger partial charge is 0.324 e. The lowest BCUT2D eigenvalue weighted by molar-refractivity contribution is -0.116. The van der Waals surface area contributed by atoms with Gasteiger partial charge in [0.05, 0.1) is 17.1 Å². The van der Waals surface area contributed by atoms with E-state index in [1.807, 2.05) is 60.6 Å². The highest BCUT2D eigenvalue weighted by Crippen LogP contribution is 2.22. The molecule has 0 radical (unpaired) electrons. The lowest BCUT2D eigenvalue weighted by Gasteiger charge is -2.22. The predicted octanol–water partition coefficient (Wildman–Crippen LogP) is 2.52. The molecule has 1 aromatic carbocycles. The third-order valence-corrected chi connectivity index (χ3v) is 4.98. The van der Waals surface area contributed by atoms with Gasteiger partial charge in [-0.3, -0.25) is 4.79 Å². The molecule has 5 nitrogen and oxygen atoms in total. The second-order valence-electron chi connectivity index (χ2n) is 5.83. The second-order valence-corrected chi connectivity index (χ2v) is 6.98. The van der Waals surface area contributed by atoms with Crippen LogP contribution in [0.2, 0.25) is 0 Å². The molecule has 2 heterocycles. The Morgan fingerprint density at radius 1 is 1.43 bits per heavy atom. The Morgan fingerprint density at radius 3 is 2.96 bits per heavy atom. The number of carbonyl (C=O) groups is 1. The number of nitrogens with one attached hydrogen (secondary N) is 2. The molecule has 6 heteroatoms. The Morgan fingerprint density at radius 2 is 2.26 bits per heavy atom. The lowest BCUT2D eigenvalue weighted by atomic mass is 10.2. The zero-order valence-corrected chi connectivity index (χ0v) is 14.3. The molecule has 2 N–H and O–H groups in total. The number of para-hydroxylation sites is 2. The smallest absolute Gasteiger partial charge is 0.226 e. The number of thioether (sulfide) groups is 1. The Labute approximate surface area is 140 Å². The van der Waals surface area contributed by atoms with Crippen molar-refractivity contribution < 1.29 is 4.79 Å². The van der Waals surface area contributed by atoms with Gasteiger partial charge in [-0.15, -0.1) is 0 Å². The highest BCUT2D eigenvalue weighted by atomic mass is 32.2. The minimum absolute atomic E-state index is 0.0407. The molecule has 1 atom stereocenters. The number of nitrogens with zero attached hydrogens (tertiary/aromatic N) is 2. The SMILES string of the molecule is Cc1cc(C)n(-c2ccccc2NC(=O)CC2CSCCN2)n1. The molecule has 1 fully saturated rings. The molecule has 23 heavy (non-hydrogen) atoms. The molecular formula is C17H22N4OS. The number of hydrogen-bond acceptors (Lipinski definition) is 4. The van der Waals surface area contributed by atoms with Crippen LogP contribution in [0.5, 0.6) is 0 Å². The fraction of sp³-hybridized carbons (Fsp3) is 0.412. The standard InChI is InChI=1S/C17H22N4OS/c1-12-9-13(2)21(20-12)16-6-4-3-5-15(16)19-17(22)10-14-11-23-8-7-18-14/h3-6,9,14,18H,7-8,10-11H2,1-2H3,(H,19,22). The van der Waals surface area contributed by atoms with Gasteiger partial charge in [0.15, 0.2) is 0 Å². The van der Waals surface area contributed by atoms with E-state index >= 15 is 0 Å². The van der Waals surface area contributed by atoms with E-state index in [0.717, 1.165) is 40.8 Å². The number of amides is 1. The van der Waals surface area contributed by atoms with Crippen molar-refractivity contribution in [3.05, 3.63) is 41.7 Å². The summed E-state index contributed by atoms with van der Waals surface area (Å²) in [6.07, 6.45) is 0.498. The van der Waals surface area contributed by atoms with E-state index in [1.165, 1.54) is 0 Å². The Bertz CT molecular complexity index is 692. The summed E-state index contributed by atoms with van der Waals surface area (Å²) in [6, 6.07) is 10.1. The highest BCUT2D eigenvalue weighted by molar-refractivity contribution is 7.99. The van der Waals surface area contributed by atoms with Crippen molar-refractivity contribution in [1.82, 2.24) is 15.1 Å². The van der Waals surface area contributed by atoms with Gasteiger partial charge < -0.3 is 10.6 Å². The number of rotatable bonds is 4. The molecule has 1 aliphatic heterocycles.